The first kappa shape index (κ1) is 13.7. The van der Waals surface area contributed by atoms with Crippen molar-refractivity contribution in [2.24, 2.45) is 10.9 Å². The van der Waals surface area contributed by atoms with Crippen molar-refractivity contribution in [3.63, 3.8) is 0 Å². The summed E-state index contributed by atoms with van der Waals surface area (Å²) in [5.41, 5.74) is 5.63. The third-order valence-electron chi connectivity index (χ3n) is 1.75. The fourth-order valence-electron chi connectivity index (χ4n) is 1.10. The Morgan fingerprint density at radius 1 is 1.53 bits per heavy atom. The maximum Gasteiger partial charge on any atom is 0.274 e. The van der Waals surface area contributed by atoms with E-state index in [0.29, 0.717) is 10.6 Å². The van der Waals surface area contributed by atoms with E-state index in [1.165, 1.54) is 5.38 Å². The van der Waals surface area contributed by atoms with Crippen LogP contribution in [-0.2, 0) is 10.2 Å². The first-order chi connectivity index (χ1) is 7.81. The molecule has 0 aliphatic heterocycles. The van der Waals surface area contributed by atoms with Crippen LogP contribution < -0.4 is 20.9 Å². The molecule has 0 atom stereocenters. The van der Waals surface area contributed by atoms with Crippen molar-refractivity contribution in [3.05, 3.63) is 10.3 Å². The van der Waals surface area contributed by atoms with Gasteiger partial charge in [-0.25, -0.2) is 9.86 Å². The normalized spacial score (nSPS) is 11.4. The molecule has 1 rings (SSSR count). The van der Waals surface area contributed by atoms with Crippen molar-refractivity contribution in [3.8, 4) is 5.75 Å². The van der Waals surface area contributed by atoms with Gasteiger partial charge >= 0.3 is 0 Å². The highest BCUT2D eigenvalue weighted by Crippen LogP contribution is 2.33. The quantitative estimate of drug-likeness (QED) is 0.222. The van der Waals surface area contributed by atoms with Gasteiger partial charge in [-0.2, -0.15) is 8.42 Å². The molecule has 96 valence electrons. The van der Waals surface area contributed by atoms with Crippen LogP contribution in [0.4, 0.5) is 5.69 Å². The van der Waals surface area contributed by atoms with E-state index in [1.807, 2.05) is 0 Å². The number of rotatable bonds is 6. The molecule has 0 unspecified atom stereocenters. The summed E-state index contributed by atoms with van der Waals surface area (Å²) in [5, 5.41) is 25.7. The molecule has 1 heterocycles. The molecular formula is C7H13N5O3S2. The minimum Gasteiger partial charge on any atom is -0.505 e. The van der Waals surface area contributed by atoms with Crippen LogP contribution >= 0.6 is 11.3 Å². The Kier molecular flexibility index (Phi) is 4.28. The Morgan fingerprint density at radius 2 is 2.18 bits per heavy atom. The van der Waals surface area contributed by atoms with E-state index >= 15 is 0 Å². The lowest BCUT2D eigenvalue weighted by molar-refractivity contribution is 0.479. The molecule has 1 aromatic rings. The number of amidine groups is 1. The first-order valence-corrected chi connectivity index (χ1v) is 6.90. The fourth-order valence-corrected chi connectivity index (χ4v) is 2.25. The maximum atomic E-state index is 10.6. The van der Waals surface area contributed by atoms with E-state index in [2.05, 4.69) is 10.0 Å². The second-order valence-corrected chi connectivity index (χ2v) is 5.36. The number of nitrogens with one attached hydrogen (secondary N) is 3. The number of thiophene rings is 1. The first-order valence-electron chi connectivity index (χ1n) is 4.47. The zero-order valence-electron chi connectivity index (χ0n) is 8.73. The lowest BCUT2D eigenvalue weighted by atomic mass is 10.3. The number of hydrogen-bond donors (Lipinski definition) is 6. The molecule has 0 radical (unpaired) electrons. The number of anilines is 1. The summed E-state index contributed by atoms with van der Waals surface area (Å²) >= 11 is 1.12. The molecule has 8 N–H and O–H groups in total. The van der Waals surface area contributed by atoms with Gasteiger partial charge in [0.15, 0.2) is 0 Å². The Labute approximate surface area is 102 Å². The minimum absolute atomic E-state index is 0.0317. The van der Waals surface area contributed by atoms with Gasteiger partial charge in [0.2, 0.25) is 0 Å². The molecular weight excluding hydrogens is 266 g/mol. The highest BCUT2D eigenvalue weighted by atomic mass is 32.2. The summed E-state index contributed by atoms with van der Waals surface area (Å²) in [6.07, 6.45) is 0. The van der Waals surface area contributed by atoms with Gasteiger partial charge < -0.3 is 16.2 Å². The van der Waals surface area contributed by atoms with Gasteiger partial charge in [0.25, 0.3) is 10.2 Å². The zero-order chi connectivity index (χ0) is 13.1. The van der Waals surface area contributed by atoms with E-state index < -0.39 is 10.2 Å². The van der Waals surface area contributed by atoms with Gasteiger partial charge in [0, 0.05) is 18.5 Å². The zero-order valence-corrected chi connectivity index (χ0v) is 10.4. The maximum absolute atomic E-state index is 10.6. The van der Waals surface area contributed by atoms with E-state index in [0.717, 1.165) is 11.3 Å². The minimum atomic E-state index is -3.72. The van der Waals surface area contributed by atoms with Crippen LogP contribution in [0.2, 0.25) is 0 Å². The van der Waals surface area contributed by atoms with Crippen LogP contribution in [0.25, 0.3) is 0 Å². The van der Waals surface area contributed by atoms with Gasteiger partial charge in [0.1, 0.15) is 11.6 Å². The molecule has 8 nitrogen and oxygen atoms in total. The van der Waals surface area contributed by atoms with Crippen molar-refractivity contribution in [1.29, 1.82) is 5.41 Å². The fraction of sp³-hybridized carbons (Fsp3) is 0.286. The van der Waals surface area contributed by atoms with Gasteiger partial charge in [0.05, 0.1) is 10.6 Å². The second kappa shape index (κ2) is 5.31. The molecule has 0 aliphatic rings. The predicted molar refractivity (Wildman–Crippen MR) is 66.6 cm³/mol. The molecule has 0 saturated heterocycles. The highest BCUT2D eigenvalue weighted by Gasteiger charge is 2.12. The molecule has 0 amide bonds. The van der Waals surface area contributed by atoms with Crippen LogP contribution in [-0.4, -0.2) is 32.4 Å². The molecule has 0 aliphatic carbocycles. The summed E-state index contributed by atoms with van der Waals surface area (Å²) in [5.74, 6) is -0.201. The molecule has 0 spiro atoms. The van der Waals surface area contributed by atoms with Gasteiger partial charge in [-0.15, -0.1) is 11.3 Å². The molecule has 1 aromatic heterocycles. The predicted octanol–water partition coefficient (Wildman–Crippen LogP) is -1.06. The second-order valence-electron chi connectivity index (χ2n) is 3.10. The van der Waals surface area contributed by atoms with Crippen LogP contribution in [0.3, 0.4) is 0 Å². The number of hydrogen-bond acceptors (Lipinski definition) is 6. The van der Waals surface area contributed by atoms with Crippen LogP contribution in [0.15, 0.2) is 5.38 Å². The molecule has 17 heavy (non-hydrogen) atoms. The molecule has 10 heteroatoms. The smallest absolute Gasteiger partial charge is 0.274 e. The molecule has 0 fully saturated rings. The third-order valence-corrected chi connectivity index (χ3v) is 3.35. The van der Waals surface area contributed by atoms with Crippen molar-refractivity contribution in [1.82, 2.24) is 4.72 Å². The van der Waals surface area contributed by atoms with Crippen molar-refractivity contribution in [2.75, 3.05) is 18.4 Å². The summed E-state index contributed by atoms with van der Waals surface area (Å²) in [6.45, 7) is 0.270. The van der Waals surface area contributed by atoms with Gasteiger partial charge in [-0.3, -0.25) is 5.41 Å². The van der Waals surface area contributed by atoms with Crippen LogP contribution in [0.1, 0.15) is 4.88 Å². The SMILES string of the molecule is N=C(N)c1scc(O)c1NCCNS(N)(=O)=O. The average molecular weight is 279 g/mol. The number of nitrogen functional groups attached to an aromatic ring is 1. The summed E-state index contributed by atoms with van der Waals surface area (Å²) < 4.78 is 23.2. The van der Waals surface area contributed by atoms with E-state index in [1.54, 1.807) is 0 Å². The van der Waals surface area contributed by atoms with E-state index in [4.69, 9.17) is 16.3 Å². The van der Waals surface area contributed by atoms with E-state index in [9.17, 15) is 13.5 Å². The Bertz CT molecular complexity index is 510. The van der Waals surface area contributed by atoms with E-state index in [-0.39, 0.29) is 24.7 Å². The van der Waals surface area contributed by atoms with Crippen molar-refractivity contribution in [2.45, 2.75) is 0 Å². The van der Waals surface area contributed by atoms with Gasteiger partial charge in [-0.05, 0) is 0 Å². The summed E-state index contributed by atoms with van der Waals surface area (Å²) in [6, 6.07) is 0. The largest absolute Gasteiger partial charge is 0.505 e. The summed E-state index contributed by atoms with van der Waals surface area (Å²) in [7, 11) is -3.72. The lowest BCUT2D eigenvalue weighted by Crippen LogP contribution is -2.34. The van der Waals surface area contributed by atoms with Crippen molar-refractivity contribution < 1.29 is 13.5 Å². The Morgan fingerprint density at radius 3 is 2.71 bits per heavy atom. The average Bonchev–Trinajstić information content (AvgIpc) is 2.53. The molecule has 0 bridgehead atoms. The van der Waals surface area contributed by atoms with Gasteiger partial charge in [-0.1, -0.05) is 0 Å². The molecule has 0 aromatic carbocycles. The number of nitrogens with two attached hydrogens (primary N) is 2. The van der Waals surface area contributed by atoms with Crippen molar-refractivity contribution >= 4 is 33.1 Å². The van der Waals surface area contributed by atoms with Crippen LogP contribution in [0.5, 0.6) is 5.75 Å². The molecule has 0 saturated carbocycles. The monoisotopic (exact) mass is 279 g/mol. The standard InChI is InChI=1S/C7H13N5O3S2/c8-7(9)6-5(4(13)3-16-6)11-1-2-12-17(10,14)15/h3,11-13H,1-2H2,(H3,8,9)(H2,10,14,15). The van der Waals surface area contributed by atoms with Crippen LogP contribution in [0, 0.1) is 5.41 Å². The summed E-state index contributed by atoms with van der Waals surface area (Å²) in [4.78, 5) is 0.401. The Hall–Kier alpha value is -1.36. The third kappa shape index (κ3) is 4.19. The topological polar surface area (TPSA) is 154 Å². The Balaban J connectivity index is 2.57. The number of aromatic hydroxyl groups is 1. The highest BCUT2D eigenvalue weighted by molar-refractivity contribution is 7.87. The lowest BCUT2D eigenvalue weighted by Gasteiger charge is -2.07.